The van der Waals surface area contributed by atoms with E-state index in [0.29, 0.717) is 34.5 Å². The molecule has 0 aliphatic carbocycles. The van der Waals surface area contributed by atoms with E-state index in [-0.39, 0.29) is 11.9 Å². The van der Waals surface area contributed by atoms with Crippen molar-refractivity contribution < 1.29 is 14.3 Å². The maximum absolute atomic E-state index is 12.8. The zero-order chi connectivity index (χ0) is 23.4. The fourth-order valence-electron chi connectivity index (χ4n) is 3.67. The SMILES string of the molecule is COc1cc(Nc2nccc(-c3cc(C(=O)N[C@H](C)CN4CCC4)n(C)n3)n2)cc(OC)c1. The van der Waals surface area contributed by atoms with Crippen molar-refractivity contribution in [2.75, 3.05) is 39.2 Å². The van der Waals surface area contributed by atoms with E-state index in [1.807, 2.05) is 19.1 Å². The van der Waals surface area contributed by atoms with Gasteiger partial charge in [0.15, 0.2) is 0 Å². The van der Waals surface area contributed by atoms with E-state index >= 15 is 0 Å². The number of anilines is 2. The number of hydrogen-bond acceptors (Lipinski definition) is 8. The molecule has 1 aliphatic heterocycles. The quantitative estimate of drug-likeness (QED) is 0.511. The first-order chi connectivity index (χ1) is 15.9. The lowest BCUT2D eigenvalue weighted by molar-refractivity contribution is 0.0905. The Kier molecular flexibility index (Phi) is 6.74. The number of aryl methyl sites for hydroxylation is 1. The number of nitrogens with one attached hydrogen (secondary N) is 2. The van der Waals surface area contributed by atoms with Crippen molar-refractivity contribution >= 4 is 17.5 Å². The van der Waals surface area contributed by atoms with Gasteiger partial charge in [0.1, 0.15) is 22.9 Å². The summed E-state index contributed by atoms with van der Waals surface area (Å²) in [7, 11) is 4.94. The molecule has 1 aliphatic rings. The molecule has 0 unspecified atom stereocenters. The number of rotatable bonds is 9. The molecule has 0 spiro atoms. The van der Waals surface area contributed by atoms with Crippen LogP contribution in [0.5, 0.6) is 11.5 Å². The zero-order valence-electron chi connectivity index (χ0n) is 19.3. The molecule has 1 amide bonds. The van der Waals surface area contributed by atoms with E-state index in [1.54, 1.807) is 50.3 Å². The van der Waals surface area contributed by atoms with Gasteiger partial charge in [-0.3, -0.25) is 9.48 Å². The minimum atomic E-state index is -0.153. The number of aromatic nitrogens is 4. The number of nitrogens with zero attached hydrogens (tertiary/aromatic N) is 5. The maximum atomic E-state index is 12.8. The highest BCUT2D eigenvalue weighted by Crippen LogP contribution is 2.27. The molecule has 3 heterocycles. The average Bonchev–Trinajstić information content (AvgIpc) is 3.18. The number of amides is 1. The number of carbonyl (C=O) groups is 1. The van der Waals surface area contributed by atoms with E-state index in [1.165, 1.54) is 6.42 Å². The fraction of sp³-hybridized carbons (Fsp3) is 0.391. The minimum Gasteiger partial charge on any atom is -0.497 e. The fourth-order valence-corrected chi connectivity index (χ4v) is 3.67. The molecule has 1 atom stereocenters. The van der Waals surface area contributed by atoms with Gasteiger partial charge in [-0.25, -0.2) is 9.97 Å². The lowest BCUT2D eigenvalue weighted by atomic mass is 10.2. The number of carbonyl (C=O) groups excluding carboxylic acids is 1. The topological polar surface area (TPSA) is 106 Å². The number of ether oxygens (including phenoxy) is 2. The monoisotopic (exact) mass is 451 g/mol. The molecule has 0 bridgehead atoms. The lowest BCUT2D eigenvalue weighted by Gasteiger charge is -2.33. The second-order valence-electron chi connectivity index (χ2n) is 8.06. The first-order valence-corrected chi connectivity index (χ1v) is 10.9. The summed E-state index contributed by atoms with van der Waals surface area (Å²) < 4.78 is 12.2. The van der Waals surface area contributed by atoms with Crippen molar-refractivity contribution in [3.8, 4) is 22.9 Å². The van der Waals surface area contributed by atoms with Gasteiger partial charge in [0.25, 0.3) is 5.91 Å². The van der Waals surface area contributed by atoms with Gasteiger partial charge in [0.05, 0.1) is 19.9 Å². The summed E-state index contributed by atoms with van der Waals surface area (Å²) in [4.78, 5) is 24.0. The van der Waals surface area contributed by atoms with Crippen LogP contribution in [0.3, 0.4) is 0 Å². The van der Waals surface area contributed by atoms with Crippen LogP contribution >= 0.6 is 0 Å². The van der Waals surface area contributed by atoms with Crippen LogP contribution in [0.4, 0.5) is 11.6 Å². The van der Waals surface area contributed by atoms with Crippen molar-refractivity contribution in [2.45, 2.75) is 19.4 Å². The molecule has 1 aromatic carbocycles. The average molecular weight is 452 g/mol. The summed E-state index contributed by atoms with van der Waals surface area (Å²) in [5, 5.41) is 10.7. The van der Waals surface area contributed by atoms with Gasteiger partial charge in [0.2, 0.25) is 5.95 Å². The molecule has 3 aromatic rings. The smallest absolute Gasteiger partial charge is 0.269 e. The maximum Gasteiger partial charge on any atom is 0.269 e. The van der Waals surface area contributed by atoms with Crippen LogP contribution in [0.1, 0.15) is 23.8 Å². The summed E-state index contributed by atoms with van der Waals surface area (Å²) in [6.45, 7) is 5.07. The molecule has 1 saturated heterocycles. The van der Waals surface area contributed by atoms with Crippen LogP contribution < -0.4 is 20.1 Å². The Bertz CT molecular complexity index is 1100. The lowest BCUT2D eigenvalue weighted by Crippen LogP contribution is -2.47. The second-order valence-corrected chi connectivity index (χ2v) is 8.06. The highest BCUT2D eigenvalue weighted by Gasteiger charge is 2.20. The molecule has 10 heteroatoms. The predicted molar refractivity (Wildman–Crippen MR) is 125 cm³/mol. The van der Waals surface area contributed by atoms with Crippen LogP contribution in [0.25, 0.3) is 11.4 Å². The molecular weight excluding hydrogens is 422 g/mol. The van der Waals surface area contributed by atoms with Crippen molar-refractivity contribution in [1.29, 1.82) is 0 Å². The second kappa shape index (κ2) is 9.86. The number of hydrogen-bond donors (Lipinski definition) is 2. The van der Waals surface area contributed by atoms with Gasteiger partial charge in [-0.05, 0) is 38.6 Å². The van der Waals surface area contributed by atoms with E-state index in [4.69, 9.17) is 9.47 Å². The number of benzene rings is 1. The van der Waals surface area contributed by atoms with E-state index in [2.05, 4.69) is 30.6 Å². The molecule has 2 N–H and O–H groups in total. The highest BCUT2D eigenvalue weighted by molar-refractivity contribution is 5.93. The Labute approximate surface area is 192 Å². The summed E-state index contributed by atoms with van der Waals surface area (Å²) in [5.74, 6) is 1.54. The van der Waals surface area contributed by atoms with Gasteiger partial charge >= 0.3 is 0 Å². The van der Waals surface area contributed by atoms with Crippen molar-refractivity contribution in [3.63, 3.8) is 0 Å². The van der Waals surface area contributed by atoms with Gasteiger partial charge in [-0.15, -0.1) is 0 Å². The van der Waals surface area contributed by atoms with E-state index in [9.17, 15) is 4.79 Å². The minimum absolute atomic E-state index is 0.0610. The Balaban J connectivity index is 1.49. The van der Waals surface area contributed by atoms with Crippen LogP contribution in [-0.4, -0.2) is 70.5 Å². The summed E-state index contributed by atoms with van der Waals surface area (Å²) in [6, 6.07) is 8.99. The zero-order valence-corrected chi connectivity index (χ0v) is 19.3. The molecule has 0 radical (unpaired) electrons. The third kappa shape index (κ3) is 5.40. The predicted octanol–water partition coefficient (Wildman–Crippen LogP) is 2.46. The first kappa shape index (κ1) is 22.5. The Morgan fingerprint density at radius 1 is 1.12 bits per heavy atom. The summed E-state index contributed by atoms with van der Waals surface area (Å²) >= 11 is 0. The van der Waals surface area contributed by atoms with Crippen molar-refractivity contribution in [3.05, 3.63) is 42.2 Å². The standard InChI is InChI=1S/C23H29N7O3/c1-15(14-30-8-5-9-30)25-22(31)21-13-20(28-29(21)2)19-6-7-24-23(27-19)26-16-10-17(32-3)12-18(11-16)33-4/h6-7,10-13,15H,5,8-9,14H2,1-4H3,(H,25,31)(H,24,26,27)/t15-/m1/s1. The van der Waals surface area contributed by atoms with Gasteiger partial charge in [-0.2, -0.15) is 5.10 Å². The van der Waals surface area contributed by atoms with Gasteiger partial charge < -0.3 is 25.0 Å². The van der Waals surface area contributed by atoms with E-state index in [0.717, 1.165) is 25.3 Å². The third-order valence-electron chi connectivity index (χ3n) is 5.50. The summed E-state index contributed by atoms with van der Waals surface area (Å²) in [6.07, 6.45) is 2.87. The molecular formula is C23H29N7O3. The molecule has 2 aromatic heterocycles. The van der Waals surface area contributed by atoms with Gasteiger partial charge in [-0.1, -0.05) is 0 Å². The van der Waals surface area contributed by atoms with E-state index < -0.39 is 0 Å². The van der Waals surface area contributed by atoms with Crippen LogP contribution in [0, 0.1) is 0 Å². The summed E-state index contributed by atoms with van der Waals surface area (Å²) in [5.41, 5.74) is 2.39. The van der Waals surface area contributed by atoms with Crippen molar-refractivity contribution in [2.24, 2.45) is 7.05 Å². The molecule has 0 saturated carbocycles. The Morgan fingerprint density at radius 3 is 2.48 bits per heavy atom. The van der Waals surface area contributed by atoms with Gasteiger partial charge in [0, 0.05) is 49.7 Å². The molecule has 10 nitrogen and oxygen atoms in total. The highest BCUT2D eigenvalue weighted by atomic mass is 16.5. The van der Waals surface area contributed by atoms with Crippen molar-refractivity contribution in [1.82, 2.24) is 30.0 Å². The van der Waals surface area contributed by atoms with Crippen LogP contribution in [-0.2, 0) is 7.05 Å². The Morgan fingerprint density at radius 2 is 1.85 bits per heavy atom. The molecule has 174 valence electrons. The van der Waals surface area contributed by atoms with Crippen LogP contribution in [0.2, 0.25) is 0 Å². The normalized spacial score (nSPS) is 14.3. The first-order valence-electron chi connectivity index (χ1n) is 10.9. The number of likely N-dealkylation sites (tertiary alicyclic amines) is 1. The van der Waals surface area contributed by atoms with Crippen LogP contribution in [0.15, 0.2) is 36.5 Å². The largest absolute Gasteiger partial charge is 0.497 e. The molecule has 1 fully saturated rings. The Hall–Kier alpha value is -3.66. The third-order valence-corrected chi connectivity index (χ3v) is 5.50. The molecule has 33 heavy (non-hydrogen) atoms. The number of methoxy groups -OCH3 is 2. The molecule has 4 rings (SSSR count).